The second kappa shape index (κ2) is 10.6. The van der Waals surface area contributed by atoms with Crippen molar-refractivity contribution in [3.63, 3.8) is 0 Å². The maximum Gasteiger partial charge on any atom is 0.236 e. The number of rotatable bonds is 7. The lowest BCUT2D eigenvalue weighted by atomic mass is 10.0. The van der Waals surface area contributed by atoms with Gasteiger partial charge in [-0.05, 0) is 38.2 Å². The van der Waals surface area contributed by atoms with Gasteiger partial charge in [-0.3, -0.25) is 19.4 Å². The van der Waals surface area contributed by atoms with Crippen LogP contribution >= 0.6 is 0 Å². The third kappa shape index (κ3) is 6.31. The molecule has 1 aromatic rings. The van der Waals surface area contributed by atoms with Crippen molar-refractivity contribution in [3.05, 3.63) is 35.9 Å². The molecule has 0 radical (unpaired) electrons. The summed E-state index contributed by atoms with van der Waals surface area (Å²) in [5.74, 6) is 0.349. The second-order valence-corrected chi connectivity index (χ2v) is 8.07. The number of carbonyl (C=O) groups is 2. The first kappa shape index (κ1) is 20.8. The van der Waals surface area contributed by atoms with E-state index in [1.807, 2.05) is 18.2 Å². The summed E-state index contributed by atoms with van der Waals surface area (Å²) in [5, 5.41) is 3.01. The molecule has 0 aromatic heterocycles. The van der Waals surface area contributed by atoms with E-state index in [0.29, 0.717) is 25.7 Å². The Labute approximate surface area is 168 Å². The van der Waals surface area contributed by atoms with Gasteiger partial charge in [-0.1, -0.05) is 30.3 Å². The summed E-state index contributed by atoms with van der Waals surface area (Å²) in [6, 6.07) is 10.6. The predicted octanol–water partition coefficient (Wildman–Crippen LogP) is 1.36. The fourth-order valence-electron chi connectivity index (χ4n) is 4.11. The Bertz CT molecular complexity index is 629. The van der Waals surface area contributed by atoms with Crippen LogP contribution in [0.25, 0.3) is 0 Å². The Balaban J connectivity index is 1.31. The van der Waals surface area contributed by atoms with Crippen molar-refractivity contribution in [3.8, 4) is 0 Å². The predicted molar refractivity (Wildman–Crippen MR) is 111 cm³/mol. The van der Waals surface area contributed by atoms with Gasteiger partial charge in [0.05, 0.1) is 13.1 Å². The van der Waals surface area contributed by atoms with Crippen molar-refractivity contribution in [2.24, 2.45) is 0 Å². The Hall–Kier alpha value is -1.92. The van der Waals surface area contributed by atoms with E-state index in [0.717, 1.165) is 52.0 Å². The van der Waals surface area contributed by atoms with Crippen LogP contribution in [0, 0.1) is 0 Å². The van der Waals surface area contributed by atoms with Crippen molar-refractivity contribution in [1.82, 2.24) is 20.0 Å². The lowest BCUT2D eigenvalue weighted by Gasteiger charge is -2.37. The summed E-state index contributed by atoms with van der Waals surface area (Å²) in [7, 11) is 0. The van der Waals surface area contributed by atoms with Crippen LogP contribution in [0.5, 0.6) is 0 Å². The topological polar surface area (TPSA) is 55.9 Å². The van der Waals surface area contributed by atoms with E-state index in [1.165, 1.54) is 12.0 Å². The van der Waals surface area contributed by atoms with Gasteiger partial charge in [0.1, 0.15) is 0 Å². The van der Waals surface area contributed by atoms with E-state index in [4.69, 9.17) is 0 Å². The normalized spacial score (nSPS) is 21.5. The Kier molecular flexibility index (Phi) is 7.86. The third-order valence-corrected chi connectivity index (χ3v) is 5.89. The molecule has 0 aliphatic carbocycles. The van der Waals surface area contributed by atoms with Crippen molar-refractivity contribution in [1.29, 1.82) is 0 Å². The average Bonchev–Trinajstić information content (AvgIpc) is 2.70. The molecule has 28 heavy (non-hydrogen) atoms. The van der Waals surface area contributed by atoms with Crippen LogP contribution < -0.4 is 5.32 Å². The van der Waals surface area contributed by atoms with Crippen LogP contribution in [0.1, 0.15) is 31.7 Å². The zero-order valence-corrected chi connectivity index (χ0v) is 17.1. The highest BCUT2D eigenvalue weighted by Gasteiger charge is 2.26. The molecule has 6 heteroatoms. The molecule has 1 atom stereocenters. The summed E-state index contributed by atoms with van der Waals surface area (Å²) in [6.45, 7) is 8.08. The zero-order chi connectivity index (χ0) is 19.8. The number of hydrogen-bond acceptors (Lipinski definition) is 4. The first-order chi connectivity index (χ1) is 13.6. The van der Waals surface area contributed by atoms with E-state index in [2.05, 4.69) is 39.1 Å². The standard InChI is InChI=1S/C22H34N4O2/c1-19-7-5-6-12-26(19)22(28)18-25-15-13-24(14-16-25)17-21(27)23-11-10-20-8-3-2-4-9-20/h2-4,8-9,19H,5-7,10-18H2,1H3,(H,23,27). The van der Waals surface area contributed by atoms with Gasteiger partial charge >= 0.3 is 0 Å². The molecule has 154 valence electrons. The number of benzene rings is 1. The van der Waals surface area contributed by atoms with Gasteiger partial charge in [0.2, 0.25) is 11.8 Å². The largest absolute Gasteiger partial charge is 0.355 e. The van der Waals surface area contributed by atoms with E-state index in [1.54, 1.807) is 0 Å². The maximum atomic E-state index is 12.6. The molecule has 3 rings (SSSR count). The highest BCUT2D eigenvalue weighted by molar-refractivity contribution is 5.79. The molecule has 1 N–H and O–H groups in total. The van der Waals surface area contributed by atoms with Gasteiger partial charge in [0.25, 0.3) is 0 Å². The third-order valence-electron chi connectivity index (χ3n) is 5.89. The molecule has 2 aliphatic heterocycles. The van der Waals surface area contributed by atoms with E-state index in [9.17, 15) is 9.59 Å². The first-order valence-electron chi connectivity index (χ1n) is 10.7. The highest BCUT2D eigenvalue weighted by Crippen LogP contribution is 2.17. The fourth-order valence-corrected chi connectivity index (χ4v) is 4.11. The Morgan fingerprint density at radius 3 is 2.32 bits per heavy atom. The van der Waals surface area contributed by atoms with Crippen molar-refractivity contribution < 1.29 is 9.59 Å². The number of piperidine rings is 1. The quantitative estimate of drug-likeness (QED) is 0.769. The van der Waals surface area contributed by atoms with Gasteiger partial charge in [-0.2, -0.15) is 0 Å². The molecule has 1 unspecified atom stereocenters. The van der Waals surface area contributed by atoms with Gasteiger partial charge in [-0.15, -0.1) is 0 Å². The summed E-state index contributed by atoms with van der Waals surface area (Å²) in [5.41, 5.74) is 1.24. The molecule has 2 fully saturated rings. The van der Waals surface area contributed by atoms with Gasteiger partial charge < -0.3 is 10.2 Å². The number of carbonyl (C=O) groups excluding carboxylic acids is 2. The molecule has 6 nitrogen and oxygen atoms in total. The molecule has 1 aromatic carbocycles. The highest BCUT2D eigenvalue weighted by atomic mass is 16.2. The molecular weight excluding hydrogens is 352 g/mol. The Morgan fingerprint density at radius 2 is 1.64 bits per heavy atom. The summed E-state index contributed by atoms with van der Waals surface area (Å²) in [4.78, 5) is 31.2. The summed E-state index contributed by atoms with van der Waals surface area (Å²) >= 11 is 0. The Morgan fingerprint density at radius 1 is 0.964 bits per heavy atom. The molecular formula is C22H34N4O2. The van der Waals surface area contributed by atoms with Crippen LogP contribution in [-0.4, -0.2) is 84.9 Å². The minimum absolute atomic E-state index is 0.0857. The number of likely N-dealkylation sites (tertiary alicyclic amines) is 1. The SMILES string of the molecule is CC1CCCCN1C(=O)CN1CCN(CC(=O)NCCc2ccccc2)CC1. The van der Waals surface area contributed by atoms with Crippen LogP contribution in [0.4, 0.5) is 0 Å². The van der Waals surface area contributed by atoms with Crippen molar-refractivity contribution in [2.75, 3.05) is 52.4 Å². The number of nitrogens with zero attached hydrogens (tertiary/aromatic N) is 3. The van der Waals surface area contributed by atoms with Crippen LogP contribution in [0.3, 0.4) is 0 Å². The minimum Gasteiger partial charge on any atom is -0.355 e. The molecule has 2 aliphatic rings. The van der Waals surface area contributed by atoms with Crippen LogP contribution in [0.15, 0.2) is 30.3 Å². The summed E-state index contributed by atoms with van der Waals surface area (Å²) < 4.78 is 0. The minimum atomic E-state index is 0.0857. The average molecular weight is 387 g/mol. The van der Waals surface area contributed by atoms with Crippen LogP contribution in [-0.2, 0) is 16.0 Å². The smallest absolute Gasteiger partial charge is 0.236 e. The number of hydrogen-bond donors (Lipinski definition) is 1. The summed E-state index contributed by atoms with van der Waals surface area (Å²) in [6.07, 6.45) is 4.34. The molecule has 2 saturated heterocycles. The maximum absolute atomic E-state index is 12.6. The van der Waals surface area contributed by atoms with Gasteiger partial charge in [0, 0.05) is 45.3 Å². The molecule has 2 heterocycles. The number of nitrogens with one attached hydrogen (secondary N) is 1. The zero-order valence-electron chi connectivity index (χ0n) is 17.1. The van der Waals surface area contributed by atoms with Crippen LogP contribution in [0.2, 0.25) is 0 Å². The molecule has 0 bridgehead atoms. The molecule has 0 spiro atoms. The van der Waals surface area contributed by atoms with Crippen molar-refractivity contribution >= 4 is 11.8 Å². The number of amides is 2. The molecule has 0 saturated carbocycles. The lowest BCUT2D eigenvalue weighted by Crippen LogP contribution is -2.53. The van der Waals surface area contributed by atoms with E-state index in [-0.39, 0.29) is 11.8 Å². The lowest BCUT2D eigenvalue weighted by molar-refractivity contribution is -0.136. The first-order valence-corrected chi connectivity index (χ1v) is 10.7. The van der Waals surface area contributed by atoms with E-state index >= 15 is 0 Å². The van der Waals surface area contributed by atoms with E-state index < -0.39 is 0 Å². The molecule has 2 amide bonds. The van der Waals surface area contributed by atoms with Gasteiger partial charge in [0.15, 0.2) is 0 Å². The second-order valence-electron chi connectivity index (χ2n) is 8.07. The number of piperazine rings is 1. The van der Waals surface area contributed by atoms with Gasteiger partial charge in [-0.25, -0.2) is 0 Å². The van der Waals surface area contributed by atoms with Crippen molar-refractivity contribution in [2.45, 2.75) is 38.6 Å². The fraction of sp³-hybridized carbons (Fsp3) is 0.636. The monoisotopic (exact) mass is 386 g/mol.